The van der Waals surface area contributed by atoms with Crippen LogP contribution in [0.1, 0.15) is 33.3 Å². The summed E-state index contributed by atoms with van der Waals surface area (Å²) in [4.78, 5) is 0. The summed E-state index contributed by atoms with van der Waals surface area (Å²) in [5.74, 6) is 0. The van der Waals surface area contributed by atoms with Crippen LogP contribution in [0.2, 0.25) is 0 Å². The van der Waals surface area contributed by atoms with Gasteiger partial charge in [-0.05, 0) is 33.3 Å². The fraction of sp³-hybridized carbons (Fsp3) is 0.600. The van der Waals surface area contributed by atoms with E-state index < -0.39 is 12.9 Å². The summed E-state index contributed by atoms with van der Waals surface area (Å²) < 4.78 is 30.2. The van der Waals surface area contributed by atoms with Crippen molar-refractivity contribution in [2.24, 2.45) is 0 Å². The molecule has 0 radical (unpaired) electrons. The first-order valence-electron chi connectivity index (χ1n) is 7.06. The molecule has 4 nitrogen and oxygen atoms in total. The van der Waals surface area contributed by atoms with E-state index in [-0.39, 0.29) is 0 Å². The van der Waals surface area contributed by atoms with Crippen molar-refractivity contribution in [1.29, 1.82) is 0 Å². The molecule has 0 bridgehead atoms. The fourth-order valence-corrected chi connectivity index (χ4v) is 4.49. The summed E-state index contributed by atoms with van der Waals surface area (Å²) in [6, 6.07) is 9.64. The van der Waals surface area contributed by atoms with Crippen LogP contribution in [0.25, 0.3) is 0 Å². The minimum absolute atomic E-state index is 0.304. The van der Waals surface area contributed by atoms with Gasteiger partial charge in [0.2, 0.25) is 5.53 Å². The molecule has 0 aliphatic rings. The van der Waals surface area contributed by atoms with E-state index >= 15 is 0 Å². The lowest BCUT2D eigenvalue weighted by Crippen LogP contribution is -2.34. The van der Waals surface area contributed by atoms with Gasteiger partial charge < -0.3 is 14.0 Å². The van der Waals surface area contributed by atoms with Gasteiger partial charge >= 0.3 is 0 Å². The summed E-state index contributed by atoms with van der Waals surface area (Å²) in [7, 11) is -3.14. The average molecular weight is 300 g/mol. The summed E-state index contributed by atoms with van der Waals surface area (Å²) in [6.45, 7) is 8.45. The van der Waals surface area contributed by atoms with E-state index in [1.165, 1.54) is 0 Å². The van der Waals surface area contributed by atoms with E-state index in [4.69, 9.17) is 14.0 Å². The Bertz CT molecular complexity index is 427. The highest BCUT2D eigenvalue weighted by molar-refractivity contribution is 7.59. The molecule has 5 heteroatoms. The third-order valence-electron chi connectivity index (χ3n) is 3.01. The summed E-state index contributed by atoms with van der Waals surface area (Å²) >= 11 is 0. The van der Waals surface area contributed by atoms with E-state index in [2.05, 4.69) is 0 Å². The first-order valence-corrected chi connectivity index (χ1v) is 8.87. The Kier molecular flexibility index (Phi) is 6.90. The van der Waals surface area contributed by atoms with Crippen LogP contribution in [-0.2, 0) is 24.7 Å². The number of rotatable bonds is 9. The van der Waals surface area contributed by atoms with Crippen molar-refractivity contribution in [3.05, 3.63) is 35.9 Å². The van der Waals surface area contributed by atoms with E-state index in [9.17, 15) is 4.57 Å². The summed E-state index contributed by atoms with van der Waals surface area (Å²) in [5, 5.41) is 0. The molecule has 20 heavy (non-hydrogen) atoms. The van der Waals surface area contributed by atoms with Gasteiger partial charge in [-0.25, -0.2) is 0 Å². The molecule has 1 unspecified atom stereocenters. The van der Waals surface area contributed by atoms with Gasteiger partial charge in [0.1, 0.15) is 0 Å². The SMILES string of the molecule is CCOC(C)(OCC)P(=O)(Cc1ccccc1)OCC. The minimum Gasteiger partial charge on any atom is -0.342 e. The van der Waals surface area contributed by atoms with Gasteiger partial charge in [-0.2, -0.15) is 0 Å². The Hall–Kier alpha value is -0.670. The first-order chi connectivity index (χ1) is 9.51. The predicted molar refractivity (Wildman–Crippen MR) is 81.0 cm³/mol. The normalized spacial score (nSPS) is 15.0. The molecule has 0 fully saturated rings. The van der Waals surface area contributed by atoms with Crippen LogP contribution in [0.3, 0.4) is 0 Å². The molecule has 0 amide bonds. The first kappa shape index (κ1) is 17.4. The van der Waals surface area contributed by atoms with E-state index in [0.717, 1.165) is 5.56 Å². The summed E-state index contributed by atoms with van der Waals surface area (Å²) in [6.07, 6.45) is 0.304. The van der Waals surface area contributed by atoms with Gasteiger partial charge in [-0.1, -0.05) is 30.3 Å². The smallest absolute Gasteiger partial charge is 0.264 e. The van der Waals surface area contributed by atoms with E-state index in [0.29, 0.717) is 26.0 Å². The average Bonchev–Trinajstić information content (AvgIpc) is 2.40. The molecule has 0 saturated carbocycles. The van der Waals surface area contributed by atoms with Gasteiger partial charge in [0.05, 0.1) is 12.8 Å². The molecule has 0 aliphatic heterocycles. The van der Waals surface area contributed by atoms with Gasteiger partial charge in [-0.3, -0.25) is 4.57 Å². The Morgan fingerprint density at radius 1 is 1.00 bits per heavy atom. The van der Waals surface area contributed by atoms with Crippen molar-refractivity contribution in [2.45, 2.75) is 39.4 Å². The third-order valence-corrected chi connectivity index (χ3v) is 5.97. The fourth-order valence-electron chi connectivity index (χ4n) is 2.11. The standard InChI is InChI=1S/C15H25O4P/c1-5-17-15(4,18-6-2)20(16,19-7-3)13-14-11-9-8-10-12-14/h8-12H,5-7,13H2,1-4H3. The van der Waals surface area contributed by atoms with Crippen molar-refractivity contribution in [3.8, 4) is 0 Å². The van der Waals surface area contributed by atoms with Crippen LogP contribution in [-0.4, -0.2) is 25.3 Å². The second kappa shape index (κ2) is 7.94. The molecule has 1 rings (SSSR count). The molecular weight excluding hydrogens is 275 g/mol. The van der Waals surface area contributed by atoms with Crippen LogP contribution >= 0.6 is 7.37 Å². The maximum Gasteiger partial charge on any atom is 0.264 e. The van der Waals surface area contributed by atoms with Gasteiger partial charge in [0.25, 0.3) is 7.37 Å². The number of hydrogen-bond donors (Lipinski definition) is 0. The predicted octanol–water partition coefficient (Wildman–Crippen LogP) is 4.25. The van der Waals surface area contributed by atoms with Crippen LogP contribution in [0, 0.1) is 0 Å². The number of benzene rings is 1. The highest BCUT2D eigenvalue weighted by atomic mass is 31.2. The molecule has 1 aromatic rings. The number of ether oxygens (including phenoxy) is 2. The van der Waals surface area contributed by atoms with Crippen molar-refractivity contribution < 1.29 is 18.6 Å². The largest absolute Gasteiger partial charge is 0.342 e. The lowest BCUT2D eigenvalue weighted by molar-refractivity contribution is -0.168. The van der Waals surface area contributed by atoms with Crippen LogP contribution in [0.5, 0.6) is 0 Å². The Morgan fingerprint density at radius 3 is 2.00 bits per heavy atom. The zero-order chi connectivity index (χ0) is 15.1. The quantitative estimate of drug-likeness (QED) is 0.505. The van der Waals surface area contributed by atoms with Gasteiger partial charge in [0.15, 0.2) is 0 Å². The molecule has 0 N–H and O–H groups in total. The Balaban J connectivity index is 3.07. The zero-order valence-corrected chi connectivity index (χ0v) is 13.7. The van der Waals surface area contributed by atoms with Gasteiger partial charge in [-0.15, -0.1) is 0 Å². The maximum absolute atomic E-state index is 13.3. The molecular formula is C15H25O4P. The molecule has 0 saturated heterocycles. The molecule has 1 aromatic carbocycles. The zero-order valence-electron chi connectivity index (χ0n) is 12.8. The summed E-state index contributed by atoms with van der Waals surface area (Å²) in [5.41, 5.74) is -0.252. The Morgan fingerprint density at radius 2 is 1.55 bits per heavy atom. The maximum atomic E-state index is 13.3. The van der Waals surface area contributed by atoms with Crippen molar-refractivity contribution in [2.75, 3.05) is 19.8 Å². The lowest BCUT2D eigenvalue weighted by Gasteiger charge is -2.36. The minimum atomic E-state index is -3.14. The van der Waals surface area contributed by atoms with Crippen LogP contribution in [0.4, 0.5) is 0 Å². The van der Waals surface area contributed by atoms with Crippen molar-refractivity contribution >= 4 is 7.37 Å². The third kappa shape index (κ3) is 4.16. The Labute approximate surface area is 121 Å². The second-order valence-corrected chi connectivity index (χ2v) is 7.23. The molecule has 0 aromatic heterocycles. The molecule has 1 atom stereocenters. The van der Waals surface area contributed by atoms with E-state index in [1.807, 2.05) is 51.1 Å². The van der Waals surface area contributed by atoms with Crippen molar-refractivity contribution in [3.63, 3.8) is 0 Å². The monoisotopic (exact) mass is 300 g/mol. The van der Waals surface area contributed by atoms with Gasteiger partial charge in [0, 0.05) is 13.2 Å². The number of hydrogen-bond acceptors (Lipinski definition) is 4. The van der Waals surface area contributed by atoms with Crippen molar-refractivity contribution in [1.82, 2.24) is 0 Å². The van der Waals surface area contributed by atoms with Crippen LogP contribution < -0.4 is 0 Å². The van der Waals surface area contributed by atoms with E-state index in [1.54, 1.807) is 6.92 Å². The lowest BCUT2D eigenvalue weighted by atomic mass is 10.2. The van der Waals surface area contributed by atoms with Crippen LogP contribution in [0.15, 0.2) is 30.3 Å². The second-order valence-electron chi connectivity index (χ2n) is 4.50. The highest BCUT2D eigenvalue weighted by Crippen LogP contribution is 2.62. The topological polar surface area (TPSA) is 44.8 Å². The molecule has 0 heterocycles. The highest BCUT2D eigenvalue weighted by Gasteiger charge is 2.47. The molecule has 0 spiro atoms. The molecule has 114 valence electrons. The molecule has 0 aliphatic carbocycles.